The molecular formula is C23H28ClN3O3S2. The van der Waals surface area contributed by atoms with E-state index in [1.807, 2.05) is 44.4 Å². The summed E-state index contributed by atoms with van der Waals surface area (Å²) >= 11 is 7.74. The summed E-state index contributed by atoms with van der Waals surface area (Å²) in [6, 6.07) is 9.81. The smallest absolute Gasteiger partial charge is 0.279 e. The Morgan fingerprint density at radius 2 is 1.69 bits per heavy atom. The number of nitrogens with zero attached hydrogens (tertiary/aromatic N) is 3. The number of hydrogen-bond acceptors (Lipinski definition) is 4. The Morgan fingerprint density at radius 3 is 2.25 bits per heavy atom. The Bertz CT molecular complexity index is 1290. The van der Waals surface area contributed by atoms with Gasteiger partial charge in [0.05, 0.1) is 20.1 Å². The molecule has 0 fully saturated rings. The fourth-order valence-corrected chi connectivity index (χ4v) is 6.68. The summed E-state index contributed by atoms with van der Waals surface area (Å²) in [5.74, 6) is -0.421. The number of thiazole rings is 1. The molecule has 1 heterocycles. The quantitative estimate of drug-likeness (QED) is 0.431. The van der Waals surface area contributed by atoms with Crippen molar-refractivity contribution in [3.63, 3.8) is 0 Å². The summed E-state index contributed by atoms with van der Waals surface area (Å²) in [6.07, 6.45) is 1.48. The molecule has 3 aromatic rings. The monoisotopic (exact) mass is 493 g/mol. The molecule has 0 saturated heterocycles. The number of halogens is 1. The lowest BCUT2D eigenvalue weighted by Crippen LogP contribution is -2.32. The first-order chi connectivity index (χ1) is 15.2. The van der Waals surface area contributed by atoms with Crippen LogP contribution in [0.15, 0.2) is 46.3 Å². The van der Waals surface area contributed by atoms with Crippen molar-refractivity contribution in [2.45, 2.75) is 52.0 Å². The minimum atomic E-state index is -3.59. The van der Waals surface area contributed by atoms with Crippen LogP contribution < -0.4 is 4.80 Å². The molecule has 0 spiro atoms. The van der Waals surface area contributed by atoms with Gasteiger partial charge in [-0.2, -0.15) is 9.30 Å². The van der Waals surface area contributed by atoms with Gasteiger partial charge in [-0.3, -0.25) is 4.79 Å². The highest BCUT2D eigenvalue weighted by Gasteiger charge is 2.23. The van der Waals surface area contributed by atoms with E-state index in [-0.39, 0.29) is 4.90 Å². The predicted octanol–water partition coefficient (Wildman–Crippen LogP) is 5.24. The van der Waals surface area contributed by atoms with Crippen LogP contribution in [-0.2, 0) is 16.6 Å². The first kappa shape index (κ1) is 24.6. The number of aromatic nitrogens is 1. The van der Waals surface area contributed by atoms with Crippen molar-refractivity contribution in [1.29, 1.82) is 0 Å². The van der Waals surface area contributed by atoms with Gasteiger partial charge in [-0.1, -0.05) is 42.9 Å². The van der Waals surface area contributed by atoms with Crippen LogP contribution in [0.25, 0.3) is 10.2 Å². The topological polar surface area (TPSA) is 71.7 Å². The number of benzene rings is 2. The zero-order valence-electron chi connectivity index (χ0n) is 18.8. The van der Waals surface area contributed by atoms with Crippen molar-refractivity contribution in [1.82, 2.24) is 8.87 Å². The molecule has 0 unspecified atom stereocenters. The second-order valence-electron chi connectivity index (χ2n) is 7.52. The molecule has 172 valence electrons. The lowest BCUT2D eigenvalue weighted by molar-refractivity contribution is 0.0997. The van der Waals surface area contributed by atoms with Gasteiger partial charge < -0.3 is 4.57 Å². The molecule has 1 amide bonds. The van der Waals surface area contributed by atoms with E-state index in [9.17, 15) is 13.2 Å². The van der Waals surface area contributed by atoms with Crippen molar-refractivity contribution in [2.75, 3.05) is 13.1 Å². The van der Waals surface area contributed by atoms with Crippen LogP contribution in [0.5, 0.6) is 0 Å². The lowest BCUT2D eigenvalue weighted by Gasteiger charge is -2.21. The maximum absolute atomic E-state index is 12.9. The van der Waals surface area contributed by atoms with E-state index in [0.717, 1.165) is 28.6 Å². The first-order valence-electron chi connectivity index (χ1n) is 10.7. The molecule has 2 aromatic carbocycles. The minimum absolute atomic E-state index is 0.184. The number of amides is 1. The summed E-state index contributed by atoms with van der Waals surface area (Å²) < 4.78 is 30.2. The van der Waals surface area contributed by atoms with Crippen molar-refractivity contribution >= 4 is 49.1 Å². The standard InChI is InChI=1S/C23H28ClN3O3S2/c1-5-14-26(15-6-2)32(29,30)18-11-9-17(10-12-18)22(28)25-23-27(7-3)20-16(4)8-13-19(24)21(20)31-23/h8-13H,5-7,14-15H2,1-4H3. The third-order valence-corrected chi connectivity index (χ3v) is 8.63. The van der Waals surface area contributed by atoms with Gasteiger partial charge in [-0.25, -0.2) is 8.42 Å². The van der Waals surface area contributed by atoms with Gasteiger partial charge >= 0.3 is 0 Å². The molecule has 0 aliphatic carbocycles. The molecule has 0 atom stereocenters. The number of carbonyl (C=O) groups is 1. The van der Waals surface area contributed by atoms with E-state index in [1.165, 1.54) is 39.9 Å². The maximum atomic E-state index is 12.9. The Balaban J connectivity index is 1.97. The van der Waals surface area contributed by atoms with Crippen molar-refractivity contribution < 1.29 is 13.2 Å². The first-order valence-corrected chi connectivity index (χ1v) is 13.4. The molecule has 32 heavy (non-hydrogen) atoms. The van der Waals surface area contributed by atoms with Crippen LogP contribution in [0.4, 0.5) is 0 Å². The molecule has 1 aromatic heterocycles. The van der Waals surface area contributed by atoms with Crippen molar-refractivity contribution in [2.24, 2.45) is 4.99 Å². The highest BCUT2D eigenvalue weighted by molar-refractivity contribution is 7.89. The number of rotatable bonds is 8. The van der Waals surface area contributed by atoms with Gasteiger partial charge in [0, 0.05) is 25.2 Å². The van der Waals surface area contributed by atoms with E-state index in [4.69, 9.17) is 11.6 Å². The summed E-state index contributed by atoms with van der Waals surface area (Å²) in [5.41, 5.74) is 2.38. The predicted molar refractivity (Wildman–Crippen MR) is 131 cm³/mol. The number of sulfonamides is 1. The van der Waals surface area contributed by atoms with E-state index < -0.39 is 15.9 Å². The van der Waals surface area contributed by atoms with E-state index >= 15 is 0 Å². The molecule has 0 N–H and O–H groups in total. The summed E-state index contributed by atoms with van der Waals surface area (Å²) in [7, 11) is -3.59. The zero-order chi connectivity index (χ0) is 23.5. The second kappa shape index (κ2) is 10.3. The molecule has 0 aliphatic rings. The molecule has 6 nitrogen and oxygen atoms in total. The number of carbonyl (C=O) groups excluding carboxylic acids is 1. The van der Waals surface area contributed by atoms with Gasteiger partial charge in [-0.05, 0) is 62.6 Å². The van der Waals surface area contributed by atoms with Crippen LogP contribution in [0.1, 0.15) is 49.5 Å². The Hall–Kier alpha value is -2.00. The SMILES string of the molecule is CCCN(CCC)S(=O)(=O)c1ccc(C(=O)N=c2sc3c(Cl)ccc(C)c3n2CC)cc1. The van der Waals surface area contributed by atoms with Gasteiger partial charge in [0.25, 0.3) is 5.91 Å². The molecule has 0 bridgehead atoms. The highest BCUT2D eigenvalue weighted by Crippen LogP contribution is 2.29. The number of fused-ring (bicyclic) bond motifs is 1. The Morgan fingerprint density at radius 1 is 1.06 bits per heavy atom. The maximum Gasteiger partial charge on any atom is 0.279 e. The van der Waals surface area contributed by atoms with E-state index in [2.05, 4.69) is 4.99 Å². The van der Waals surface area contributed by atoms with Crippen LogP contribution >= 0.6 is 22.9 Å². The largest absolute Gasteiger partial charge is 0.316 e. The van der Waals surface area contributed by atoms with Crippen molar-refractivity contribution in [3.8, 4) is 0 Å². The van der Waals surface area contributed by atoms with Gasteiger partial charge in [0.15, 0.2) is 4.80 Å². The van der Waals surface area contributed by atoms with Gasteiger partial charge in [0.2, 0.25) is 10.0 Å². The van der Waals surface area contributed by atoms with E-state index in [1.54, 1.807) is 0 Å². The fourth-order valence-electron chi connectivity index (χ4n) is 3.62. The van der Waals surface area contributed by atoms with E-state index in [0.29, 0.717) is 35.0 Å². The molecule has 0 saturated carbocycles. The number of hydrogen-bond donors (Lipinski definition) is 0. The zero-order valence-corrected chi connectivity index (χ0v) is 21.1. The van der Waals surface area contributed by atoms with Crippen LogP contribution in [0.3, 0.4) is 0 Å². The highest BCUT2D eigenvalue weighted by atomic mass is 35.5. The lowest BCUT2D eigenvalue weighted by atomic mass is 10.2. The normalized spacial score (nSPS) is 12.8. The summed E-state index contributed by atoms with van der Waals surface area (Å²) in [4.78, 5) is 17.9. The third kappa shape index (κ3) is 4.83. The third-order valence-electron chi connectivity index (χ3n) is 5.18. The summed E-state index contributed by atoms with van der Waals surface area (Å²) in [5, 5.41) is 0.630. The average molecular weight is 494 g/mol. The van der Waals surface area contributed by atoms with Crippen molar-refractivity contribution in [3.05, 3.63) is 57.3 Å². The van der Waals surface area contributed by atoms with Gasteiger partial charge in [-0.15, -0.1) is 0 Å². The fraction of sp³-hybridized carbons (Fsp3) is 0.391. The van der Waals surface area contributed by atoms with Crippen LogP contribution in [0.2, 0.25) is 5.02 Å². The molecule has 0 aliphatic heterocycles. The van der Waals surface area contributed by atoms with Crippen LogP contribution in [-0.4, -0.2) is 36.3 Å². The number of aryl methyl sites for hydroxylation is 2. The molecule has 3 rings (SSSR count). The summed E-state index contributed by atoms with van der Waals surface area (Å²) in [6.45, 7) is 9.49. The second-order valence-corrected chi connectivity index (χ2v) is 10.8. The molecule has 9 heteroatoms. The molecular weight excluding hydrogens is 466 g/mol. The minimum Gasteiger partial charge on any atom is -0.316 e. The Labute approximate surface area is 198 Å². The Kier molecular flexibility index (Phi) is 7.92. The van der Waals surface area contributed by atoms with Gasteiger partial charge in [0.1, 0.15) is 0 Å². The van der Waals surface area contributed by atoms with Crippen LogP contribution in [0, 0.1) is 6.92 Å². The molecule has 0 radical (unpaired) electrons. The average Bonchev–Trinajstić information content (AvgIpc) is 3.15.